The van der Waals surface area contributed by atoms with Gasteiger partial charge in [0.15, 0.2) is 0 Å². The van der Waals surface area contributed by atoms with Crippen molar-refractivity contribution in [1.82, 2.24) is 10.6 Å². The Morgan fingerprint density at radius 2 is 2.37 bits per heavy atom. The molecule has 1 amide bonds. The van der Waals surface area contributed by atoms with Gasteiger partial charge in [0.2, 0.25) is 0 Å². The molecule has 1 aliphatic rings. The van der Waals surface area contributed by atoms with Crippen LogP contribution < -0.4 is 10.6 Å². The molecule has 2 atom stereocenters. The molecule has 1 saturated heterocycles. The van der Waals surface area contributed by atoms with E-state index in [2.05, 4.69) is 17.6 Å². The van der Waals surface area contributed by atoms with Crippen LogP contribution in [0.25, 0.3) is 0 Å². The first-order valence-corrected chi connectivity index (χ1v) is 7.01. The Morgan fingerprint density at radius 3 is 3.11 bits per heavy atom. The van der Waals surface area contributed by atoms with Gasteiger partial charge in [-0.15, -0.1) is 0 Å². The summed E-state index contributed by atoms with van der Waals surface area (Å²) >= 11 is 0. The normalized spacial score (nSPS) is 23.0. The summed E-state index contributed by atoms with van der Waals surface area (Å²) in [5.41, 5.74) is 0.504. The van der Waals surface area contributed by atoms with Crippen LogP contribution in [0, 0.1) is 5.92 Å². The van der Waals surface area contributed by atoms with E-state index in [0.29, 0.717) is 24.1 Å². The number of phenols is 1. The number of amides is 1. The van der Waals surface area contributed by atoms with E-state index < -0.39 is 0 Å². The predicted octanol–water partition coefficient (Wildman–Crippen LogP) is 1.90. The molecule has 2 rings (SSSR count). The summed E-state index contributed by atoms with van der Waals surface area (Å²) in [6, 6.07) is 6.80. The zero-order valence-electron chi connectivity index (χ0n) is 11.4. The Labute approximate surface area is 114 Å². The van der Waals surface area contributed by atoms with Gasteiger partial charge in [0.25, 0.3) is 5.91 Å². The summed E-state index contributed by atoms with van der Waals surface area (Å²) in [5.74, 6) is 0.631. The van der Waals surface area contributed by atoms with Crippen molar-refractivity contribution in [3.05, 3.63) is 29.8 Å². The van der Waals surface area contributed by atoms with Crippen molar-refractivity contribution in [2.75, 3.05) is 13.1 Å². The quantitative estimate of drug-likeness (QED) is 0.776. The van der Waals surface area contributed by atoms with Crippen LogP contribution in [0.4, 0.5) is 0 Å². The SMILES string of the molecule is CCC1CCCNC1CNC(=O)c1cccc(O)c1. The molecule has 1 aromatic rings. The van der Waals surface area contributed by atoms with E-state index in [1.165, 1.54) is 18.9 Å². The van der Waals surface area contributed by atoms with E-state index in [-0.39, 0.29) is 11.7 Å². The van der Waals surface area contributed by atoms with Crippen molar-refractivity contribution >= 4 is 5.91 Å². The summed E-state index contributed by atoms with van der Waals surface area (Å²) < 4.78 is 0. The van der Waals surface area contributed by atoms with Gasteiger partial charge in [0, 0.05) is 18.2 Å². The molecule has 0 aromatic heterocycles. The minimum absolute atomic E-state index is 0.120. The topological polar surface area (TPSA) is 61.4 Å². The second kappa shape index (κ2) is 6.57. The molecule has 2 unspecified atom stereocenters. The van der Waals surface area contributed by atoms with Crippen molar-refractivity contribution in [2.24, 2.45) is 5.92 Å². The fourth-order valence-corrected chi connectivity index (χ4v) is 2.70. The maximum atomic E-state index is 12.0. The Hall–Kier alpha value is -1.55. The van der Waals surface area contributed by atoms with Crippen LogP contribution in [0.15, 0.2) is 24.3 Å². The Kier molecular flexibility index (Phi) is 4.80. The van der Waals surface area contributed by atoms with Crippen molar-refractivity contribution in [1.29, 1.82) is 0 Å². The van der Waals surface area contributed by atoms with Crippen molar-refractivity contribution in [3.63, 3.8) is 0 Å². The van der Waals surface area contributed by atoms with E-state index in [0.717, 1.165) is 13.0 Å². The first-order valence-electron chi connectivity index (χ1n) is 7.01. The van der Waals surface area contributed by atoms with Gasteiger partial charge in [-0.3, -0.25) is 4.79 Å². The van der Waals surface area contributed by atoms with E-state index >= 15 is 0 Å². The number of phenolic OH excluding ortho intramolecular Hbond substituents is 1. The molecule has 1 heterocycles. The molecule has 1 aromatic carbocycles. The van der Waals surface area contributed by atoms with Gasteiger partial charge in [-0.25, -0.2) is 0 Å². The highest BCUT2D eigenvalue weighted by molar-refractivity contribution is 5.94. The van der Waals surface area contributed by atoms with E-state index in [4.69, 9.17) is 0 Å². The van der Waals surface area contributed by atoms with E-state index in [9.17, 15) is 9.90 Å². The average molecular weight is 262 g/mol. The van der Waals surface area contributed by atoms with Crippen LogP contribution in [-0.2, 0) is 0 Å². The number of rotatable bonds is 4. The van der Waals surface area contributed by atoms with Gasteiger partial charge in [-0.05, 0) is 43.5 Å². The van der Waals surface area contributed by atoms with Crippen LogP contribution in [-0.4, -0.2) is 30.1 Å². The number of carbonyl (C=O) groups excluding carboxylic acids is 1. The lowest BCUT2D eigenvalue weighted by molar-refractivity contribution is 0.0941. The number of hydrogen-bond donors (Lipinski definition) is 3. The number of benzene rings is 1. The first kappa shape index (κ1) is 13.9. The monoisotopic (exact) mass is 262 g/mol. The molecule has 1 fully saturated rings. The summed E-state index contributed by atoms with van der Waals surface area (Å²) in [5, 5.41) is 15.8. The summed E-state index contributed by atoms with van der Waals surface area (Å²) in [4.78, 5) is 12.0. The molecule has 0 radical (unpaired) electrons. The van der Waals surface area contributed by atoms with Crippen LogP contribution in [0.3, 0.4) is 0 Å². The molecule has 0 saturated carbocycles. The Morgan fingerprint density at radius 1 is 1.53 bits per heavy atom. The number of aromatic hydroxyl groups is 1. The average Bonchev–Trinajstić information content (AvgIpc) is 2.45. The lowest BCUT2D eigenvalue weighted by Gasteiger charge is -2.32. The molecular weight excluding hydrogens is 240 g/mol. The number of piperidine rings is 1. The van der Waals surface area contributed by atoms with Gasteiger partial charge < -0.3 is 15.7 Å². The lowest BCUT2D eigenvalue weighted by atomic mass is 9.88. The largest absolute Gasteiger partial charge is 0.508 e. The smallest absolute Gasteiger partial charge is 0.251 e. The second-order valence-corrected chi connectivity index (χ2v) is 5.13. The molecule has 19 heavy (non-hydrogen) atoms. The third-order valence-corrected chi connectivity index (χ3v) is 3.84. The van der Waals surface area contributed by atoms with Crippen molar-refractivity contribution in [3.8, 4) is 5.75 Å². The first-order chi connectivity index (χ1) is 9.20. The third kappa shape index (κ3) is 3.70. The minimum Gasteiger partial charge on any atom is -0.508 e. The predicted molar refractivity (Wildman–Crippen MR) is 75.2 cm³/mol. The maximum absolute atomic E-state index is 12.0. The zero-order chi connectivity index (χ0) is 13.7. The lowest BCUT2D eigenvalue weighted by Crippen LogP contribution is -2.48. The molecule has 1 aliphatic heterocycles. The fraction of sp³-hybridized carbons (Fsp3) is 0.533. The highest BCUT2D eigenvalue weighted by Crippen LogP contribution is 2.19. The molecular formula is C15H22N2O2. The summed E-state index contributed by atoms with van der Waals surface area (Å²) in [6.45, 7) is 3.87. The van der Waals surface area contributed by atoms with Gasteiger partial charge in [0.05, 0.1) is 0 Å². The third-order valence-electron chi connectivity index (χ3n) is 3.84. The minimum atomic E-state index is -0.127. The van der Waals surface area contributed by atoms with Crippen LogP contribution in [0.5, 0.6) is 5.75 Å². The van der Waals surface area contributed by atoms with Crippen LogP contribution >= 0.6 is 0 Å². The van der Waals surface area contributed by atoms with E-state index in [1.54, 1.807) is 18.2 Å². The number of carbonyl (C=O) groups is 1. The maximum Gasteiger partial charge on any atom is 0.251 e. The zero-order valence-corrected chi connectivity index (χ0v) is 11.4. The molecule has 3 N–H and O–H groups in total. The van der Waals surface area contributed by atoms with Gasteiger partial charge >= 0.3 is 0 Å². The standard InChI is InChI=1S/C15H22N2O2/c1-2-11-6-4-8-16-14(11)10-17-15(19)12-5-3-7-13(18)9-12/h3,5,7,9,11,14,16,18H,2,4,6,8,10H2,1H3,(H,17,19). The summed E-state index contributed by atoms with van der Waals surface area (Å²) in [7, 11) is 0. The number of hydrogen-bond acceptors (Lipinski definition) is 3. The molecule has 0 aliphatic carbocycles. The molecule has 4 nitrogen and oxygen atoms in total. The van der Waals surface area contributed by atoms with E-state index in [1.807, 2.05) is 0 Å². The molecule has 104 valence electrons. The van der Waals surface area contributed by atoms with Crippen LogP contribution in [0.2, 0.25) is 0 Å². The highest BCUT2D eigenvalue weighted by atomic mass is 16.3. The number of nitrogens with one attached hydrogen (secondary N) is 2. The fourth-order valence-electron chi connectivity index (χ4n) is 2.70. The van der Waals surface area contributed by atoms with Crippen molar-refractivity contribution in [2.45, 2.75) is 32.2 Å². The second-order valence-electron chi connectivity index (χ2n) is 5.13. The van der Waals surface area contributed by atoms with Gasteiger partial charge in [0.1, 0.15) is 5.75 Å². The van der Waals surface area contributed by atoms with Gasteiger partial charge in [-0.2, -0.15) is 0 Å². The Balaban J connectivity index is 1.89. The Bertz CT molecular complexity index is 434. The molecule has 4 heteroatoms. The molecule has 0 spiro atoms. The molecule has 0 bridgehead atoms. The van der Waals surface area contributed by atoms with Gasteiger partial charge in [-0.1, -0.05) is 19.4 Å². The summed E-state index contributed by atoms with van der Waals surface area (Å²) in [6.07, 6.45) is 3.59. The van der Waals surface area contributed by atoms with Crippen molar-refractivity contribution < 1.29 is 9.90 Å². The highest BCUT2D eigenvalue weighted by Gasteiger charge is 2.23. The van der Waals surface area contributed by atoms with Crippen LogP contribution in [0.1, 0.15) is 36.5 Å².